The molecule has 0 atom stereocenters. The molecule has 4 heterocycles. The summed E-state index contributed by atoms with van der Waals surface area (Å²) < 4.78 is 12.8. The topological polar surface area (TPSA) is 105 Å². The van der Waals surface area contributed by atoms with E-state index in [0.717, 1.165) is 49.1 Å². The fraction of sp³-hybridized carbons (Fsp3) is 0.417. The number of hydrogen-bond donors (Lipinski definition) is 1. The lowest BCUT2D eigenvalue weighted by atomic mass is 10.0. The van der Waals surface area contributed by atoms with Crippen LogP contribution < -0.4 is 20.3 Å². The summed E-state index contributed by atoms with van der Waals surface area (Å²) in [7, 11) is 0. The van der Waals surface area contributed by atoms with Crippen LogP contribution in [0.15, 0.2) is 41.2 Å². The number of rotatable bonds is 6. The first-order valence-corrected chi connectivity index (χ1v) is 11.3. The van der Waals surface area contributed by atoms with Crippen molar-refractivity contribution in [2.75, 3.05) is 32.8 Å². The van der Waals surface area contributed by atoms with Gasteiger partial charge in [0.05, 0.1) is 22.8 Å². The molecular formula is C24H28N6O3. The molecule has 0 amide bonds. The van der Waals surface area contributed by atoms with Crippen molar-refractivity contribution in [1.29, 1.82) is 5.26 Å². The summed E-state index contributed by atoms with van der Waals surface area (Å²) in [6, 6.07) is 13.4. The number of likely N-dealkylation sites (tertiary alicyclic amines) is 1. The molecule has 2 aliphatic heterocycles. The highest BCUT2D eigenvalue weighted by Gasteiger charge is 2.20. The molecule has 0 saturated carbocycles. The Morgan fingerprint density at radius 3 is 2.76 bits per heavy atom. The van der Waals surface area contributed by atoms with Crippen LogP contribution in [0.3, 0.4) is 0 Å². The molecule has 1 aromatic carbocycles. The van der Waals surface area contributed by atoms with Gasteiger partial charge >= 0.3 is 0 Å². The van der Waals surface area contributed by atoms with Crippen LogP contribution in [0.2, 0.25) is 0 Å². The highest BCUT2D eigenvalue weighted by molar-refractivity contribution is 5.80. The van der Waals surface area contributed by atoms with Crippen molar-refractivity contribution in [3.8, 4) is 17.7 Å². The van der Waals surface area contributed by atoms with E-state index >= 15 is 0 Å². The van der Waals surface area contributed by atoms with Gasteiger partial charge in [-0.25, -0.2) is 0 Å². The molecule has 0 unspecified atom stereocenters. The van der Waals surface area contributed by atoms with Crippen LogP contribution in [0.4, 0.5) is 0 Å². The van der Waals surface area contributed by atoms with Crippen LogP contribution in [0.1, 0.15) is 25.5 Å². The number of nitrogens with one attached hydrogen (secondary N) is 1. The van der Waals surface area contributed by atoms with E-state index in [4.69, 9.17) is 9.47 Å². The second-order valence-electron chi connectivity index (χ2n) is 8.41. The Labute approximate surface area is 193 Å². The van der Waals surface area contributed by atoms with E-state index in [-0.39, 0.29) is 6.99 Å². The largest absolute Gasteiger partial charge is 0.484 e. The molecule has 5 rings (SSSR count). The average molecular weight is 449 g/mol. The van der Waals surface area contributed by atoms with Crippen LogP contribution >= 0.6 is 0 Å². The van der Waals surface area contributed by atoms with Gasteiger partial charge in [-0.2, -0.15) is 10.4 Å². The SMILES string of the molecule is N#Cc1ccc2ccc(=O)n(CCN3CCC(NCc4cc5c(nn4)OCCO5)CC3)c2c1.[HH]. The zero-order chi connectivity index (χ0) is 22.6. The molecule has 2 aromatic heterocycles. The van der Waals surface area contributed by atoms with Crippen LogP contribution in [0.25, 0.3) is 10.9 Å². The number of nitriles is 1. The van der Waals surface area contributed by atoms with Crippen molar-refractivity contribution in [3.63, 3.8) is 0 Å². The minimum atomic E-state index is -0.0327. The number of aromatic nitrogens is 3. The van der Waals surface area contributed by atoms with Gasteiger partial charge in [0.25, 0.3) is 11.4 Å². The Balaban J connectivity index is 0.00000274. The predicted octanol–water partition coefficient (Wildman–Crippen LogP) is 1.93. The summed E-state index contributed by atoms with van der Waals surface area (Å²) in [5.74, 6) is 1.13. The molecule has 0 radical (unpaired) electrons. The van der Waals surface area contributed by atoms with Gasteiger partial charge in [-0.15, -0.1) is 5.10 Å². The number of hydrogen-bond acceptors (Lipinski definition) is 8. The monoisotopic (exact) mass is 448 g/mol. The maximum Gasteiger partial charge on any atom is 0.276 e. The second-order valence-corrected chi connectivity index (χ2v) is 8.41. The second kappa shape index (κ2) is 9.57. The highest BCUT2D eigenvalue weighted by atomic mass is 16.6. The number of piperidine rings is 1. The molecule has 9 heteroatoms. The van der Waals surface area contributed by atoms with Crippen molar-refractivity contribution in [1.82, 2.24) is 25.0 Å². The molecule has 1 fully saturated rings. The van der Waals surface area contributed by atoms with Gasteiger partial charge < -0.3 is 24.3 Å². The van der Waals surface area contributed by atoms with E-state index in [1.807, 2.05) is 18.2 Å². The molecule has 0 aliphatic carbocycles. The summed E-state index contributed by atoms with van der Waals surface area (Å²) in [6.07, 6.45) is 2.06. The maximum atomic E-state index is 12.5. The molecule has 1 saturated heterocycles. The van der Waals surface area contributed by atoms with Gasteiger partial charge in [-0.3, -0.25) is 4.79 Å². The molecular weight excluding hydrogens is 420 g/mol. The predicted molar refractivity (Wildman–Crippen MR) is 124 cm³/mol. The van der Waals surface area contributed by atoms with E-state index in [0.29, 0.717) is 49.5 Å². The van der Waals surface area contributed by atoms with E-state index in [1.165, 1.54) is 0 Å². The van der Waals surface area contributed by atoms with Gasteiger partial charge in [0.2, 0.25) is 0 Å². The van der Waals surface area contributed by atoms with E-state index in [9.17, 15) is 10.1 Å². The first-order valence-electron chi connectivity index (χ1n) is 11.3. The van der Waals surface area contributed by atoms with Crippen LogP contribution in [0, 0.1) is 11.3 Å². The normalized spacial score (nSPS) is 16.6. The summed E-state index contributed by atoms with van der Waals surface area (Å²) in [6.45, 7) is 5.02. The Bertz CT molecular complexity index is 1250. The van der Waals surface area contributed by atoms with Crippen LogP contribution in [-0.4, -0.2) is 58.6 Å². The zero-order valence-electron chi connectivity index (χ0n) is 18.4. The van der Waals surface area contributed by atoms with Crippen molar-refractivity contribution in [3.05, 3.63) is 58.0 Å². The number of benzene rings is 1. The van der Waals surface area contributed by atoms with E-state index in [2.05, 4.69) is 26.5 Å². The van der Waals surface area contributed by atoms with Crippen molar-refractivity contribution < 1.29 is 10.9 Å². The van der Waals surface area contributed by atoms with Gasteiger partial charge in [0.1, 0.15) is 13.2 Å². The number of pyridine rings is 1. The molecule has 0 spiro atoms. The van der Waals surface area contributed by atoms with Gasteiger partial charge in [-0.1, -0.05) is 6.07 Å². The first kappa shape index (κ1) is 21.4. The molecule has 9 nitrogen and oxygen atoms in total. The fourth-order valence-corrected chi connectivity index (χ4v) is 4.42. The third-order valence-electron chi connectivity index (χ3n) is 6.28. The number of fused-ring (bicyclic) bond motifs is 2. The Kier molecular flexibility index (Phi) is 6.19. The fourth-order valence-electron chi connectivity index (χ4n) is 4.42. The number of nitrogens with zero attached hydrogens (tertiary/aromatic N) is 5. The quantitative estimate of drug-likeness (QED) is 0.610. The lowest BCUT2D eigenvalue weighted by Crippen LogP contribution is -2.43. The van der Waals surface area contributed by atoms with Gasteiger partial charge in [0, 0.05) is 39.2 Å². The third kappa shape index (κ3) is 4.82. The summed E-state index contributed by atoms with van der Waals surface area (Å²) in [4.78, 5) is 14.9. The van der Waals surface area contributed by atoms with Gasteiger partial charge in [0.15, 0.2) is 5.75 Å². The molecule has 33 heavy (non-hydrogen) atoms. The van der Waals surface area contributed by atoms with E-state index in [1.54, 1.807) is 22.8 Å². The summed E-state index contributed by atoms with van der Waals surface area (Å²) in [5, 5.41) is 22.1. The lowest BCUT2D eigenvalue weighted by molar-refractivity contribution is 0.161. The molecule has 0 bridgehead atoms. The Morgan fingerprint density at radius 1 is 1.09 bits per heavy atom. The highest BCUT2D eigenvalue weighted by Crippen LogP contribution is 2.26. The van der Waals surface area contributed by atoms with E-state index < -0.39 is 0 Å². The lowest BCUT2D eigenvalue weighted by Gasteiger charge is -2.32. The summed E-state index contributed by atoms with van der Waals surface area (Å²) in [5.41, 5.74) is 2.19. The molecule has 1 N–H and O–H groups in total. The molecule has 3 aromatic rings. The number of ether oxygens (including phenoxy) is 2. The third-order valence-corrected chi connectivity index (χ3v) is 6.28. The van der Waals surface area contributed by atoms with Crippen LogP contribution in [0.5, 0.6) is 11.6 Å². The van der Waals surface area contributed by atoms with Crippen molar-refractivity contribution in [2.24, 2.45) is 0 Å². The standard InChI is InChI=1S/C24H26N6O3.H2/c25-15-17-1-2-18-3-4-23(31)30(21(18)13-17)10-9-29-7-5-19(6-8-29)26-16-20-14-22-24(28-27-20)33-12-11-32-22;/h1-4,13-14,19,26H,5-12,16H2;1H. The smallest absolute Gasteiger partial charge is 0.276 e. The van der Waals surface area contributed by atoms with Crippen LogP contribution in [-0.2, 0) is 13.1 Å². The zero-order valence-corrected chi connectivity index (χ0v) is 18.4. The Morgan fingerprint density at radius 2 is 1.91 bits per heavy atom. The van der Waals surface area contributed by atoms with Gasteiger partial charge in [-0.05, 0) is 49.5 Å². The first-order chi connectivity index (χ1) is 16.2. The molecule has 2 aliphatic rings. The Hall–Kier alpha value is -3.48. The average Bonchev–Trinajstić information content (AvgIpc) is 2.87. The maximum absolute atomic E-state index is 12.5. The minimum Gasteiger partial charge on any atom is -0.484 e. The van der Waals surface area contributed by atoms with Crippen molar-refractivity contribution in [2.45, 2.75) is 32.0 Å². The molecule has 172 valence electrons. The van der Waals surface area contributed by atoms with Crippen molar-refractivity contribution >= 4 is 10.9 Å². The summed E-state index contributed by atoms with van der Waals surface area (Å²) >= 11 is 0. The minimum absolute atomic E-state index is 0.